The Hall–Kier alpha value is -3.27. The SMILES string of the molecule is N=CC(=CN)c1ccncc1/C=C/Nc1ccc(CNCC(F)(F)C(F)(F)F)cc1. The molecule has 0 aliphatic rings. The summed E-state index contributed by atoms with van der Waals surface area (Å²) < 4.78 is 62.1. The van der Waals surface area contributed by atoms with Gasteiger partial charge in [0.25, 0.3) is 0 Å². The number of nitrogens with two attached hydrogens (primary N) is 1. The second-order valence-corrected chi connectivity index (χ2v) is 6.21. The molecular formula is C20H20F5N5. The highest BCUT2D eigenvalue weighted by Gasteiger charge is 2.56. The molecule has 2 aromatic rings. The Kier molecular flexibility index (Phi) is 7.65. The minimum atomic E-state index is -5.58. The summed E-state index contributed by atoms with van der Waals surface area (Å²) >= 11 is 0. The zero-order valence-electron chi connectivity index (χ0n) is 15.7. The van der Waals surface area contributed by atoms with Crippen LogP contribution in [-0.4, -0.2) is 29.8 Å². The Morgan fingerprint density at radius 3 is 2.40 bits per heavy atom. The maximum absolute atomic E-state index is 12.9. The molecule has 30 heavy (non-hydrogen) atoms. The second-order valence-electron chi connectivity index (χ2n) is 6.21. The van der Waals surface area contributed by atoms with Crippen LogP contribution in [-0.2, 0) is 6.54 Å². The third-order valence-corrected chi connectivity index (χ3v) is 4.06. The molecule has 0 amide bonds. The molecule has 0 saturated carbocycles. The second kappa shape index (κ2) is 9.97. The predicted octanol–water partition coefficient (Wildman–Crippen LogP) is 4.40. The van der Waals surface area contributed by atoms with Crippen LogP contribution in [0.25, 0.3) is 11.6 Å². The molecule has 0 spiro atoms. The molecule has 1 aromatic carbocycles. The number of nitrogens with zero attached hydrogens (tertiary/aromatic N) is 1. The van der Waals surface area contributed by atoms with Crippen molar-refractivity contribution in [1.29, 1.82) is 5.41 Å². The highest BCUT2D eigenvalue weighted by atomic mass is 19.4. The van der Waals surface area contributed by atoms with Crippen molar-refractivity contribution >= 4 is 23.6 Å². The van der Waals surface area contributed by atoms with E-state index in [4.69, 9.17) is 11.1 Å². The number of nitrogens with one attached hydrogen (secondary N) is 3. The van der Waals surface area contributed by atoms with Gasteiger partial charge < -0.3 is 21.8 Å². The topological polar surface area (TPSA) is 86.8 Å². The van der Waals surface area contributed by atoms with E-state index >= 15 is 0 Å². The average Bonchev–Trinajstić information content (AvgIpc) is 2.70. The van der Waals surface area contributed by atoms with Crippen molar-refractivity contribution in [2.24, 2.45) is 5.73 Å². The van der Waals surface area contributed by atoms with Crippen LogP contribution in [0.3, 0.4) is 0 Å². The van der Waals surface area contributed by atoms with E-state index in [9.17, 15) is 22.0 Å². The molecular weight excluding hydrogens is 405 g/mol. The van der Waals surface area contributed by atoms with E-state index in [1.54, 1.807) is 55.0 Å². The van der Waals surface area contributed by atoms with Gasteiger partial charge in [-0.25, -0.2) is 0 Å². The number of benzene rings is 1. The van der Waals surface area contributed by atoms with Gasteiger partial charge in [0.1, 0.15) is 0 Å². The van der Waals surface area contributed by atoms with E-state index < -0.39 is 18.6 Å². The Labute approximate surface area is 170 Å². The summed E-state index contributed by atoms with van der Waals surface area (Å²) in [6, 6.07) is 8.27. The van der Waals surface area contributed by atoms with Crippen molar-refractivity contribution in [3.8, 4) is 0 Å². The normalized spacial score (nSPS) is 12.9. The van der Waals surface area contributed by atoms with Crippen molar-refractivity contribution in [2.75, 3.05) is 11.9 Å². The lowest BCUT2D eigenvalue weighted by atomic mass is 10.0. The predicted molar refractivity (Wildman–Crippen MR) is 107 cm³/mol. The Morgan fingerprint density at radius 2 is 1.80 bits per heavy atom. The van der Waals surface area contributed by atoms with E-state index in [-0.39, 0.29) is 6.54 Å². The van der Waals surface area contributed by atoms with Crippen LogP contribution in [0, 0.1) is 5.41 Å². The molecule has 0 aliphatic heterocycles. The first-order chi connectivity index (χ1) is 14.2. The van der Waals surface area contributed by atoms with Crippen molar-refractivity contribution in [1.82, 2.24) is 10.3 Å². The van der Waals surface area contributed by atoms with Gasteiger partial charge in [-0.2, -0.15) is 22.0 Å². The highest BCUT2D eigenvalue weighted by molar-refractivity contribution is 6.09. The number of rotatable bonds is 9. The number of alkyl halides is 5. The zero-order valence-corrected chi connectivity index (χ0v) is 15.7. The lowest BCUT2D eigenvalue weighted by molar-refractivity contribution is -0.279. The van der Waals surface area contributed by atoms with Gasteiger partial charge in [0, 0.05) is 54.4 Å². The van der Waals surface area contributed by atoms with E-state index in [2.05, 4.69) is 15.6 Å². The summed E-state index contributed by atoms with van der Waals surface area (Å²) in [5.74, 6) is -4.78. The number of hydrogen-bond acceptors (Lipinski definition) is 5. The number of anilines is 1. The largest absolute Gasteiger partial charge is 0.454 e. The van der Waals surface area contributed by atoms with Crippen LogP contribution in [0.1, 0.15) is 16.7 Å². The first kappa shape index (κ1) is 23.0. The van der Waals surface area contributed by atoms with Gasteiger partial charge in [-0.05, 0) is 35.4 Å². The first-order valence-corrected chi connectivity index (χ1v) is 8.72. The molecule has 1 aromatic heterocycles. The molecule has 1 heterocycles. The fourth-order valence-corrected chi connectivity index (χ4v) is 2.43. The van der Waals surface area contributed by atoms with Crippen molar-refractivity contribution in [2.45, 2.75) is 18.6 Å². The minimum Gasteiger partial charge on any atom is -0.404 e. The summed E-state index contributed by atoms with van der Waals surface area (Å²) in [5, 5.41) is 12.5. The van der Waals surface area contributed by atoms with Crippen LogP contribution in [0.4, 0.5) is 27.6 Å². The van der Waals surface area contributed by atoms with Gasteiger partial charge in [0.15, 0.2) is 0 Å². The molecule has 0 bridgehead atoms. The van der Waals surface area contributed by atoms with Gasteiger partial charge in [-0.15, -0.1) is 0 Å². The summed E-state index contributed by atoms with van der Waals surface area (Å²) in [5.41, 5.74) is 8.76. The molecule has 5 nitrogen and oxygen atoms in total. The fraction of sp³-hybridized carbons (Fsp3) is 0.200. The summed E-state index contributed by atoms with van der Waals surface area (Å²) in [7, 11) is 0. The molecule has 0 atom stereocenters. The highest BCUT2D eigenvalue weighted by Crippen LogP contribution is 2.34. The van der Waals surface area contributed by atoms with Gasteiger partial charge >= 0.3 is 12.1 Å². The van der Waals surface area contributed by atoms with Gasteiger partial charge in [-0.1, -0.05) is 12.1 Å². The van der Waals surface area contributed by atoms with E-state index in [1.807, 2.05) is 0 Å². The van der Waals surface area contributed by atoms with Crippen LogP contribution < -0.4 is 16.4 Å². The number of hydrogen-bond donors (Lipinski definition) is 4. The molecule has 160 valence electrons. The van der Waals surface area contributed by atoms with E-state index in [1.165, 1.54) is 6.20 Å². The molecule has 0 saturated heterocycles. The Bertz CT molecular complexity index is 905. The van der Waals surface area contributed by atoms with Crippen LogP contribution in [0.15, 0.2) is 55.1 Å². The number of allylic oxidation sites excluding steroid dienone is 1. The smallest absolute Gasteiger partial charge is 0.404 e. The minimum absolute atomic E-state index is 0.126. The molecule has 5 N–H and O–H groups in total. The van der Waals surface area contributed by atoms with E-state index in [0.29, 0.717) is 16.8 Å². The molecule has 10 heteroatoms. The molecule has 0 fully saturated rings. The monoisotopic (exact) mass is 425 g/mol. The molecule has 0 unspecified atom stereocenters. The average molecular weight is 425 g/mol. The Morgan fingerprint density at radius 1 is 1.10 bits per heavy atom. The number of pyridine rings is 1. The zero-order chi connectivity index (χ0) is 22.2. The molecule has 0 radical (unpaired) electrons. The third-order valence-electron chi connectivity index (χ3n) is 4.06. The first-order valence-electron chi connectivity index (χ1n) is 8.72. The van der Waals surface area contributed by atoms with Crippen LogP contribution in [0.2, 0.25) is 0 Å². The number of halogens is 5. The van der Waals surface area contributed by atoms with Crippen molar-refractivity contribution < 1.29 is 22.0 Å². The fourth-order valence-electron chi connectivity index (χ4n) is 2.43. The van der Waals surface area contributed by atoms with Crippen molar-refractivity contribution in [3.05, 3.63) is 71.8 Å². The maximum Gasteiger partial charge on any atom is 0.454 e. The van der Waals surface area contributed by atoms with Crippen molar-refractivity contribution in [3.63, 3.8) is 0 Å². The van der Waals surface area contributed by atoms with Gasteiger partial charge in [-0.3, -0.25) is 4.98 Å². The van der Waals surface area contributed by atoms with Crippen LogP contribution in [0.5, 0.6) is 0 Å². The third kappa shape index (κ3) is 6.11. The Balaban J connectivity index is 1.94. The molecule has 2 rings (SSSR count). The summed E-state index contributed by atoms with van der Waals surface area (Å²) in [4.78, 5) is 4.04. The quantitative estimate of drug-likeness (QED) is 0.354. The lowest BCUT2D eigenvalue weighted by Crippen LogP contribution is -2.45. The molecule has 0 aliphatic carbocycles. The lowest BCUT2D eigenvalue weighted by Gasteiger charge is -2.19. The summed E-state index contributed by atoms with van der Waals surface area (Å²) in [6.45, 7) is -1.61. The standard InChI is InChI=1S/C20H20F5N5/c21-19(22,20(23,24)25)13-29-11-14-1-3-17(4-2-14)30-8-5-15-12-28-7-6-18(15)16(9-26)10-27/h1-10,12,26,29-30H,11,13,27H2/b8-5+,16-10?,26-9?. The van der Waals surface area contributed by atoms with E-state index in [0.717, 1.165) is 17.3 Å². The number of aromatic nitrogens is 1. The summed E-state index contributed by atoms with van der Waals surface area (Å²) in [6.07, 6.45) is 3.48. The van der Waals surface area contributed by atoms with Crippen LogP contribution >= 0.6 is 0 Å². The van der Waals surface area contributed by atoms with Gasteiger partial charge in [0.05, 0.1) is 6.54 Å². The maximum atomic E-state index is 12.9. The van der Waals surface area contributed by atoms with Gasteiger partial charge in [0.2, 0.25) is 0 Å².